The van der Waals surface area contributed by atoms with Crippen molar-refractivity contribution >= 4 is 11.7 Å². The van der Waals surface area contributed by atoms with Gasteiger partial charge in [-0.3, -0.25) is 10.1 Å². The minimum atomic E-state index is -0.622. The van der Waals surface area contributed by atoms with Gasteiger partial charge in [-0.05, 0) is 11.6 Å². The monoisotopic (exact) mass is 262 g/mol. The van der Waals surface area contributed by atoms with Crippen LogP contribution in [0.25, 0.3) is 0 Å². The third-order valence-electron chi connectivity index (χ3n) is 2.42. The van der Waals surface area contributed by atoms with Gasteiger partial charge in [-0.1, -0.05) is 0 Å². The Balaban J connectivity index is 2.39. The lowest BCUT2D eigenvalue weighted by Gasteiger charge is -2.05. The van der Waals surface area contributed by atoms with Crippen molar-refractivity contribution < 1.29 is 14.5 Å². The average Bonchev–Trinajstić information content (AvgIpc) is 2.90. The predicted molar refractivity (Wildman–Crippen MR) is 63.6 cm³/mol. The summed E-state index contributed by atoms with van der Waals surface area (Å²) in [7, 11) is 1.22. The highest BCUT2D eigenvalue weighted by Crippen LogP contribution is 2.18. The molecule has 1 aromatic carbocycles. The van der Waals surface area contributed by atoms with Crippen LogP contribution in [0.1, 0.15) is 15.9 Å². The second kappa shape index (κ2) is 5.25. The summed E-state index contributed by atoms with van der Waals surface area (Å²) in [5.74, 6) is -0.622. The first-order chi connectivity index (χ1) is 9.10. The fraction of sp³-hybridized carbons (Fsp3) is 0.182. The summed E-state index contributed by atoms with van der Waals surface area (Å²) >= 11 is 0. The summed E-state index contributed by atoms with van der Waals surface area (Å²) in [5.41, 5.74) is 0.532. The molecule has 19 heavy (non-hydrogen) atoms. The van der Waals surface area contributed by atoms with Crippen LogP contribution in [-0.4, -0.2) is 32.8 Å². The summed E-state index contributed by atoms with van der Waals surface area (Å²) in [4.78, 5) is 25.5. The van der Waals surface area contributed by atoms with Crippen LogP contribution in [0.2, 0.25) is 0 Å². The standard InChI is InChI=1S/C11H10N4O4/c1-19-11(16)9-2-8(3-10(4-9)15(17)18)5-14-7-12-6-13-14/h2-4,6-7H,5H2,1H3. The molecule has 8 heteroatoms. The zero-order valence-corrected chi connectivity index (χ0v) is 10.0. The molecule has 0 bridgehead atoms. The number of aromatic nitrogens is 3. The highest BCUT2D eigenvalue weighted by Gasteiger charge is 2.15. The predicted octanol–water partition coefficient (Wildman–Crippen LogP) is 1.02. The molecule has 0 radical (unpaired) electrons. The highest BCUT2D eigenvalue weighted by molar-refractivity contribution is 5.90. The molecule has 0 saturated heterocycles. The van der Waals surface area contributed by atoms with Gasteiger partial charge in [0.25, 0.3) is 5.69 Å². The highest BCUT2D eigenvalue weighted by atomic mass is 16.6. The van der Waals surface area contributed by atoms with Gasteiger partial charge in [0, 0.05) is 12.1 Å². The summed E-state index contributed by atoms with van der Waals surface area (Å²) in [6, 6.07) is 4.09. The van der Waals surface area contributed by atoms with Crippen LogP contribution in [0, 0.1) is 10.1 Å². The largest absolute Gasteiger partial charge is 0.465 e. The van der Waals surface area contributed by atoms with Crippen LogP contribution >= 0.6 is 0 Å². The van der Waals surface area contributed by atoms with E-state index in [1.54, 1.807) is 0 Å². The van der Waals surface area contributed by atoms with E-state index in [0.29, 0.717) is 5.56 Å². The van der Waals surface area contributed by atoms with E-state index in [9.17, 15) is 14.9 Å². The minimum absolute atomic E-state index is 0.131. The first-order valence-electron chi connectivity index (χ1n) is 5.29. The second-order valence-corrected chi connectivity index (χ2v) is 3.73. The number of benzene rings is 1. The molecule has 1 heterocycles. The second-order valence-electron chi connectivity index (χ2n) is 3.73. The Labute approximate surface area is 107 Å². The van der Waals surface area contributed by atoms with Crippen molar-refractivity contribution in [3.8, 4) is 0 Å². The lowest BCUT2D eigenvalue weighted by atomic mass is 10.1. The van der Waals surface area contributed by atoms with Gasteiger partial charge in [-0.2, -0.15) is 5.10 Å². The van der Waals surface area contributed by atoms with Crippen LogP contribution in [0.5, 0.6) is 0 Å². The van der Waals surface area contributed by atoms with E-state index < -0.39 is 10.9 Å². The third kappa shape index (κ3) is 2.92. The van der Waals surface area contributed by atoms with E-state index in [1.165, 1.54) is 42.6 Å². The molecule has 8 nitrogen and oxygen atoms in total. The Morgan fingerprint density at radius 1 is 1.47 bits per heavy atom. The Bertz CT molecular complexity index is 609. The number of hydrogen-bond acceptors (Lipinski definition) is 6. The van der Waals surface area contributed by atoms with Crippen molar-refractivity contribution in [1.29, 1.82) is 0 Å². The van der Waals surface area contributed by atoms with Gasteiger partial charge in [-0.25, -0.2) is 14.5 Å². The molecular weight excluding hydrogens is 252 g/mol. The first kappa shape index (κ1) is 12.7. The van der Waals surface area contributed by atoms with E-state index in [4.69, 9.17) is 0 Å². The molecule has 0 saturated carbocycles. The molecule has 2 rings (SSSR count). The van der Waals surface area contributed by atoms with Crippen molar-refractivity contribution in [1.82, 2.24) is 14.8 Å². The number of methoxy groups -OCH3 is 1. The van der Waals surface area contributed by atoms with Crippen LogP contribution < -0.4 is 0 Å². The molecule has 0 N–H and O–H groups in total. The van der Waals surface area contributed by atoms with Crippen molar-refractivity contribution in [2.75, 3.05) is 7.11 Å². The summed E-state index contributed by atoms with van der Waals surface area (Å²) in [6.07, 6.45) is 2.84. The number of non-ortho nitro benzene ring substituents is 1. The fourth-order valence-electron chi connectivity index (χ4n) is 1.61. The number of rotatable bonds is 4. The number of nitro benzene ring substituents is 1. The van der Waals surface area contributed by atoms with Crippen molar-refractivity contribution in [3.63, 3.8) is 0 Å². The van der Waals surface area contributed by atoms with Gasteiger partial charge in [0.05, 0.1) is 24.1 Å². The number of hydrogen-bond donors (Lipinski definition) is 0. The van der Waals surface area contributed by atoms with Crippen LogP contribution in [0.15, 0.2) is 30.9 Å². The molecule has 0 spiro atoms. The quantitative estimate of drug-likeness (QED) is 0.463. The van der Waals surface area contributed by atoms with Gasteiger partial charge >= 0.3 is 5.97 Å². The van der Waals surface area contributed by atoms with Gasteiger partial charge in [-0.15, -0.1) is 0 Å². The molecule has 2 aromatic rings. The number of nitrogens with zero attached hydrogens (tertiary/aromatic N) is 4. The molecule has 0 unspecified atom stereocenters. The topological polar surface area (TPSA) is 100 Å². The maximum atomic E-state index is 11.5. The maximum Gasteiger partial charge on any atom is 0.338 e. The molecule has 0 atom stereocenters. The first-order valence-corrected chi connectivity index (χ1v) is 5.29. The number of carbonyl (C=O) groups excluding carboxylic acids is 1. The molecule has 98 valence electrons. The third-order valence-corrected chi connectivity index (χ3v) is 2.42. The van der Waals surface area contributed by atoms with Gasteiger partial charge in [0.1, 0.15) is 12.7 Å². The number of esters is 1. The van der Waals surface area contributed by atoms with Gasteiger partial charge < -0.3 is 4.74 Å². The normalized spacial score (nSPS) is 10.2. The number of ether oxygens (including phenoxy) is 1. The molecule has 1 aromatic heterocycles. The molecule has 0 amide bonds. The van der Waals surface area contributed by atoms with Crippen LogP contribution in [0.3, 0.4) is 0 Å². The Hall–Kier alpha value is -2.77. The molecule has 0 aliphatic rings. The Morgan fingerprint density at radius 2 is 2.26 bits per heavy atom. The van der Waals surface area contributed by atoms with Crippen molar-refractivity contribution in [2.24, 2.45) is 0 Å². The lowest BCUT2D eigenvalue weighted by molar-refractivity contribution is -0.385. The van der Waals surface area contributed by atoms with E-state index in [0.717, 1.165) is 0 Å². The van der Waals surface area contributed by atoms with E-state index >= 15 is 0 Å². The smallest absolute Gasteiger partial charge is 0.338 e. The van der Waals surface area contributed by atoms with E-state index in [-0.39, 0.29) is 17.8 Å². The lowest BCUT2D eigenvalue weighted by Crippen LogP contribution is -2.06. The minimum Gasteiger partial charge on any atom is -0.465 e. The maximum absolute atomic E-state index is 11.5. The average molecular weight is 262 g/mol. The molecule has 0 fully saturated rings. The van der Waals surface area contributed by atoms with E-state index in [1.807, 2.05) is 0 Å². The van der Waals surface area contributed by atoms with Crippen LogP contribution in [-0.2, 0) is 11.3 Å². The number of carbonyl (C=O) groups is 1. The SMILES string of the molecule is COC(=O)c1cc(Cn2cncn2)cc([N+](=O)[O-])c1. The zero-order chi connectivity index (χ0) is 13.8. The fourth-order valence-corrected chi connectivity index (χ4v) is 1.61. The van der Waals surface area contributed by atoms with Crippen LogP contribution in [0.4, 0.5) is 5.69 Å². The molecule has 0 aliphatic heterocycles. The molecule has 0 aliphatic carbocycles. The van der Waals surface area contributed by atoms with Crippen molar-refractivity contribution in [2.45, 2.75) is 6.54 Å². The Morgan fingerprint density at radius 3 is 2.84 bits per heavy atom. The number of nitro groups is 1. The summed E-state index contributed by atoms with van der Waals surface area (Å²) < 4.78 is 6.07. The summed E-state index contributed by atoms with van der Waals surface area (Å²) in [6.45, 7) is 0.283. The zero-order valence-electron chi connectivity index (χ0n) is 10.0. The van der Waals surface area contributed by atoms with E-state index in [2.05, 4.69) is 14.8 Å². The van der Waals surface area contributed by atoms with Crippen molar-refractivity contribution in [3.05, 3.63) is 52.1 Å². The van der Waals surface area contributed by atoms with Gasteiger partial charge in [0.2, 0.25) is 0 Å². The van der Waals surface area contributed by atoms with Gasteiger partial charge in [0.15, 0.2) is 0 Å². The Kier molecular flexibility index (Phi) is 3.51. The molecular formula is C11H10N4O4. The summed E-state index contributed by atoms with van der Waals surface area (Å²) in [5, 5.41) is 14.7.